The lowest BCUT2D eigenvalue weighted by atomic mass is 9.97. The van der Waals surface area contributed by atoms with Crippen LogP contribution in [0.3, 0.4) is 0 Å². The van der Waals surface area contributed by atoms with Gasteiger partial charge in [0.05, 0.1) is 0 Å². The summed E-state index contributed by atoms with van der Waals surface area (Å²) in [6.45, 7) is 10.3. The number of hydrogen-bond donors (Lipinski definition) is 1. The molecule has 3 unspecified atom stereocenters. The molecule has 0 radical (unpaired) electrons. The molecule has 2 heteroatoms. The predicted molar refractivity (Wildman–Crippen MR) is 69.3 cm³/mol. The van der Waals surface area contributed by atoms with Crippen molar-refractivity contribution in [3.8, 4) is 0 Å². The molecular formula is C13H30N2. The zero-order valence-corrected chi connectivity index (χ0v) is 11.5. The molecule has 0 amide bonds. The maximum atomic E-state index is 3.72. The third-order valence-corrected chi connectivity index (χ3v) is 3.04. The first-order chi connectivity index (χ1) is 6.99. The molecule has 0 rings (SSSR count). The Morgan fingerprint density at radius 2 is 1.67 bits per heavy atom. The maximum absolute atomic E-state index is 3.72. The second kappa shape index (κ2) is 8.12. The van der Waals surface area contributed by atoms with Gasteiger partial charge in [-0.25, -0.2) is 0 Å². The zero-order chi connectivity index (χ0) is 11.8. The van der Waals surface area contributed by atoms with Gasteiger partial charge in [0.15, 0.2) is 0 Å². The Labute approximate surface area is 96.4 Å². The SMILES string of the molecule is CCC(C)CC(CC)NC(C)CN(C)C. The molecule has 0 heterocycles. The lowest BCUT2D eigenvalue weighted by Gasteiger charge is -2.26. The van der Waals surface area contributed by atoms with Gasteiger partial charge in [-0.05, 0) is 39.8 Å². The number of likely N-dealkylation sites (N-methyl/N-ethyl adjacent to an activating group) is 1. The van der Waals surface area contributed by atoms with Crippen molar-refractivity contribution in [2.45, 2.75) is 59.0 Å². The Kier molecular flexibility index (Phi) is 8.07. The van der Waals surface area contributed by atoms with Crippen molar-refractivity contribution >= 4 is 0 Å². The highest BCUT2D eigenvalue weighted by molar-refractivity contribution is 4.73. The Balaban J connectivity index is 3.87. The lowest BCUT2D eigenvalue weighted by molar-refractivity contribution is 0.301. The first-order valence-electron chi connectivity index (χ1n) is 6.40. The van der Waals surface area contributed by atoms with Crippen LogP contribution in [0.15, 0.2) is 0 Å². The minimum absolute atomic E-state index is 0.592. The van der Waals surface area contributed by atoms with Crippen LogP contribution in [-0.2, 0) is 0 Å². The van der Waals surface area contributed by atoms with E-state index in [2.05, 4.69) is 52.0 Å². The summed E-state index contributed by atoms with van der Waals surface area (Å²) < 4.78 is 0. The first kappa shape index (κ1) is 14.9. The van der Waals surface area contributed by atoms with E-state index in [-0.39, 0.29) is 0 Å². The van der Waals surface area contributed by atoms with Crippen LogP contribution in [0.5, 0.6) is 0 Å². The lowest BCUT2D eigenvalue weighted by Crippen LogP contribution is -2.42. The van der Waals surface area contributed by atoms with Gasteiger partial charge in [-0.2, -0.15) is 0 Å². The van der Waals surface area contributed by atoms with Crippen LogP contribution in [0.25, 0.3) is 0 Å². The summed E-state index contributed by atoms with van der Waals surface area (Å²) in [4.78, 5) is 2.24. The normalized spacial score (nSPS) is 17.8. The molecule has 0 aliphatic carbocycles. The Hall–Kier alpha value is -0.0800. The molecule has 3 atom stereocenters. The molecule has 2 nitrogen and oxygen atoms in total. The number of nitrogens with zero attached hydrogens (tertiary/aromatic N) is 1. The third-order valence-electron chi connectivity index (χ3n) is 3.04. The van der Waals surface area contributed by atoms with E-state index in [1.807, 2.05) is 0 Å². The topological polar surface area (TPSA) is 15.3 Å². The van der Waals surface area contributed by atoms with Crippen molar-refractivity contribution in [2.24, 2.45) is 5.92 Å². The van der Waals surface area contributed by atoms with Crippen LogP contribution in [-0.4, -0.2) is 37.6 Å². The minimum Gasteiger partial charge on any atom is -0.310 e. The average molecular weight is 214 g/mol. The summed E-state index contributed by atoms with van der Waals surface area (Å²) >= 11 is 0. The summed E-state index contributed by atoms with van der Waals surface area (Å²) in [5.41, 5.74) is 0. The summed E-state index contributed by atoms with van der Waals surface area (Å²) in [7, 11) is 4.27. The summed E-state index contributed by atoms with van der Waals surface area (Å²) in [6.07, 6.45) is 3.84. The fourth-order valence-corrected chi connectivity index (χ4v) is 2.01. The standard InChI is InChI=1S/C13H30N2/c1-7-11(3)9-13(8-2)14-12(4)10-15(5)6/h11-14H,7-10H2,1-6H3. The summed E-state index contributed by atoms with van der Waals surface area (Å²) in [6, 6.07) is 1.28. The highest BCUT2D eigenvalue weighted by Gasteiger charge is 2.13. The van der Waals surface area contributed by atoms with Crippen LogP contribution >= 0.6 is 0 Å². The van der Waals surface area contributed by atoms with E-state index >= 15 is 0 Å². The smallest absolute Gasteiger partial charge is 0.0169 e. The third kappa shape index (κ3) is 7.80. The molecule has 0 aromatic carbocycles. The fourth-order valence-electron chi connectivity index (χ4n) is 2.01. The van der Waals surface area contributed by atoms with Gasteiger partial charge in [0, 0.05) is 18.6 Å². The van der Waals surface area contributed by atoms with E-state index in [0.29, 0.717) is 12.1 Å². The van der Waals surface area contributed by atoms with E-state index in [1.54, 1.807) is 0 Å². The van der Waals surface area contributed by atoms with Gasteiger partial charge in [0.25, 0.3) is 0 Å². The number of hydrogen-bond acceptors (Lipinski definition) is 2. The highest BCUT2D eigenvalue weighted by Crippen LogP contribution is 2.12. The van der Waals surface area contributed by atoms with Crippen LogP contribution in [0, 0.1) is 5.92 Å². The summed E-state index contributed by atoms with van der Waals surface area (Å²) in [5, 5.41) is 3.72. The van der Waals surface area contributed by atoms with Gasteiger partial charge in [-0.1, -0.05) is 27.2 Å². The van der Waals surface area contributed by atoms with Crippen LogP contribution in [0.2, 0.25) is 0 Å². The van der Waals surface area contributed by atoms with Crippen molar-refractivity contribution in [1.29, 1.82) is 0 Å². The van der Waals surface area contributed by atoms with E-state index in [9.17, 15) is 0 Å². The molecule has 0 spiro atoms. The van der Waals surface area contributed by atoms with Crippen LogP contribution < -0.4 is 5.32 Å². The van der Waals surface area contributed by atoms with E-state index in [1.165, 1.54) is 19.3 Å². The predicted octanol–water partition coefficient (Wildman–Crippen LogP) is 2.74. The first-order valence-corrected chi connectivity index (χ1v) is 6.40. The van der Waals surface area contributed by atoms with Gasteiger partial charge in [0.1, 0.15) is 0 Å². The van der Waals surface area contributed by atoms with E-state index in [4.69, 9.17) is 0 Å². The average Bonchev–Trinajstić information content (AvgIpc) is 2.15. The Morgan fingerprint density at radius 3 is 2.07 bits per heavy atom. The molecule has 0 aromatic rings. The molecule has 0 saturated heterocycles. The van der Waals surface area contributed by atoms with Crippen LogP contribution in [0.4, 0.5) is 0 Å². The Bertz CT molecular complexity index is 145. The number of nitrogens with one attached hydrogen (secondary N) is 1. The number of rotatable bonds is 8. The Morgan fingerprint density at radius 1 is 1.07 bits per heavy atom. The molecule has 15 heavy (non-hydrogen) atoms. The molecule has 0 saturated carbocycles. The van der Waals surface area contributed by atoms with Gasteiger partial charge >= 0.3 is 0 Å². The second-order valence-corrected chi connectivity index (χ2v) is 5.18. The largest absolute Gasteiger partial charge is 0.310 e. The second-order valence-electron chi connectivity index (χ2n) is 5.18. The highest BCUT2D eigenvalue weighted by atomic mass is 15.1. The molecule has 0 aliphatic rings. The molecular weight excluding hydrogens is 184 g/mol. The molecule has 0 aliphatic heterocycles. The van der Waals surface area contributed by atoms with Gasteiger partial charge in [-0.3, -0.25) is 0 Å². The monoisotopic (exact) mass is 214 g/mol. The van der Waals surface area contributed by atoms with E-state index in [0.717, 1.165) is 12.5 Å². The van der Waals surface area contributed by atoms with Crippen molar-refractivity contribution in [2.75, 3.05) is 20.6 Å². The van der Waals surface area contributed by atoms with Gasteiger partial charge in [0.2, 0.25) is 0 Å². The maximum Gasteiger partial charge on any atom is 0.0169 e. The molecule has 92 valence electrons. The quantitative estimate of drug-likeness (QED) is 0.668. The van der Waals surface area contributed by atoms with Crippen molar-refractivity contribution in [3.05, 3.63) is 0 Å². The molecule has 0 fully saturated rings. The van der Waals surface area contributed by atoms with Crippen molar-refractivity contribution in [1.82, 2.24) is 10.2 Å². The fraction of sp³-hybridized carbons (Fsp3) is 1.00. The van der Waals surface area contributed by atoms with Gasteiger partial charge in [-0.15, -0.1) is 0 Å². The molecule has 0 aromatic heterocycles. The van der Waals surface area contributed by atoms with Crippen molar-refractivity contribution in [3.63, 3.8) is 0 Å². The molecule has 1 N–H and O–H groups in total. The zero-order valence-electron chi connectivity index (χ0n) is 11.5. The van der Waals surface area contributed by atoms with Gasteiger partial charge < -0.3 is 10.2 Å². The van der Waals surface area contributed by atoms with Crippen LogP contribution in [0.1, 0.15) is 47.0 Å². The van der Waals surface area contributed by atoms with E-state index < -0.39 is 0 Å². The summed E-state index contributed by atoms with van der Waals surface area (Å²) in [5.74, 6) is 0.842. The minimum atomic E-state index is 0.592. The molecule has 0 bridgehead atoms. The van der Waals surface area contributed by atoms with Crippen molar-refractivity contribution < 1.29 is 0 Å².